The quantitative estimate of drug-likeness (QED) is 0.518. The van der Waals surface area contributed by atoms with Gasteiger partial charge in [-0.3, -0.25) is 0 Å². The Bertz CT molecular complexity index is 72.8. The predicted molar refractivity (Wildman–Crippen MR) is 46.3 cm³/mol. The fourth-order valence-electron chi connectivity index (χ4n) is 0.979. The Kier molecular flexibility index (Phi) is 6.61. The molecule has 0 amide bonds. The average molecular weight is 142 g/mol. The Morgan fingerprint density at radius 2 is 1.80 bits per heavy atom. The minimum Gasteiger partial charge on any atom is -0.337 e. The van der Waals surface area contributed by atoms with E-state index in [0.29, 0.717) is 0 Å². The maximum Gasteiger partial charge on any atom is 0.0771 e. The molecule has 0 radical (unpaired) electrons. The molecule has 1 aliphatic rings. The molecule has 60 valence electrons. The molecule has 1 N–H and O–H groups in total. The molecule has 0 aromatic carbocycles. The van der Waals surface area contributed by atoms with Crippen LogP contribution in [0.3, 0.4) is 0 Å². The monoisotopic (exact) mass is 142 g/mol. The van der Waals surface area contributed by atoms with E-state index in [0.717, 1.165) is 6.42 Å². The molecular formula is C9H20N+. The van der Waals surface area contributed by atoms with Crippen LogP contribution in [-0.2, 0) is 0 Å². The Hall–Kier alpha value is -0.300. The molecular weight excluding hydrogens is 122 g/mol. The Morgan fingerprint density at radius 3 is 1.90 bits per heavy atom. The van der Waals surface area contributed by atoms with Gasteiger partial charge in [-0.1, -0.05) is 13.0 Å². The number of allylic oxidation sites excluding steroid dienone is 1. The maximum atomic E-state index is 3.48. The summed E-state index contributed by atoms with van der Waals surface area (Å²) >= 11 is 0. The van der Waals surface area contributed by atoms with E-state index in [1.165, 1.54) is 25.9 Å². The van der Waals surface area contributed by atoms with Crippen LogP contribution in [0.15, 0.2) is 12.7 Å². The maximum absolute atomic E-state index is 3.48. The Labute approximate surface area is 64.7 Å². The molecule has 0 aromatic rings. The third-order valence-electron chi connectivity index (χ3n) is 1.75. The fraction of sp³-hybridized carbons (Fsp3) is 0.778. The van der Waals surface area contributed by atoms with Crippen molar-refractivity contribution in [2.75, 3.05) is 20.1 Å². The van der Waals surface area contributed by atoms with Gasteiger partial charge in [0, 0.05) is 12.8 Å². The van der Waals surface area contributed by atoms with Crippen LogP contribution < -0.4 is 4.90 Å². The zero-order valence-corrected chi connectivity index (χ0v) is 7.32. The average Bonchev–Trinajstić information content (AvgIpc) is 2.40. The van der Waals surface area contributed by atoms with Gasteiger partial charge in [0.1, 0.15) is 0 Å². The highest BCUT2D eigenvalue weighted by Crippen LogP contribution is 1.84. The van der Waals surface area contributed by atoms with Crippen LogP contribution in [0.5, 0.6) is 0 Å². The lowest BCUT2D eigenvalue weighted by Gasteiger charge is -1.98. The molecule has 0 bridgehead atoms. The summed E-state index contributed by atoms with van der Waals surface area (Å²) in [7, 11) is 2.26. The number of rotatable bonds is 1. The third-order valence-corrected chi connectivity index (χ3v) is 1.75. The van der Waals surface area contributed by atoms with E-state index in [4.69, 9.17) is 0 Å². The molecule has 0 unspecified atom stereocenters. The summed E-state index contributed by atoms with van der Waals surface area (Å²) in [5, 5.41) is 0. The van der Waals surface area contributed by atoms with Crippen LogP contribution in [0.4, 0.5) is 0 Å². The smallest absolute Gasteiger partial charge is 0.0771 e. The predicted octanol–water partition coefficient (Wildman–Crippen LogP) is 0.877. The van der Waals surface area contributed by atoms with Gasteiger partial charge in [0.2, 0.25) is 0 Å². The van der Waals surface area contributed by atoms with Gasteiger partial charge in [0.15, 0.2) is 0 Å². The molecule has 0 saturated carbocycles. The van der Waals surface area contributed by atoms with Gasteiger partial charge in [0.25, 0.3) is 0 Å². The third kappa shape index (κ3) is 5.83. The lowest BCUT2D eigenvalue weighted by atomic mass is 10.4. The highest BCUT2D eigenvalue weighted by Gasteiger charge is 2.07. The van der Waals surface area contributed by atoms with Gasteiger partial charge in [-0.2, -0.15) is 0 Å². The molecule has 0 aromatic heterocycles. The van der Waals surface area contributed by atoms with Crippen molar-refractivity contribution in [2.45, 2.75) is 26.2 Å². The van der Waals surface area contributed by atoms with Crippen LogP contribution in [0.1, 0.15) is 26.2 Å². The molecule has 0 spiro atoms. The van der Waals surface area contributed by atoms with Crippen molar-refractivity contribution in [3.8, 4) is 0 Å². The van der Waals surface area contributed by atoms with Gasteiger partial charge < -0.3 is 4.90 Å². The first-order valence-electron chi connectivity index (χ1n) is 4.23. The van der Waals surface area contributed by atoms with Crippen molar-refractivity contribution in [2.24, 2.45) is 0 Å². The van der Waals surface area contributed by atoms with Gasteiger partial charge in [-0.25, -0.2) is 0 Å². The molecule has 1 saturated heterocycles. The summed E-state index contributed by atoms with van der Waals surface area (Å²) in [6, 6.07) is 0. The molecule has 1 nitrogen and oxygen atoms in total. The number of nitrogens with one attached hydrogen (secondary N) is 1. The van der Waals surface area contributed by atoms with Crippen molar-refractivity contribution < 1.29 is 4.90 Å². The lowest BCUT2D eigenvalue weighted by Crippen LogP contribution is -3.06. The summed E-state index contributed by atoms with van der Waals surface area (Å²) in [5.74, 6) is 0. The first-order chi connectivity index (χ1) is 4.81. The largest absolute Gasteiger partial charge is 0.337 e. The van der Waals surface area contributed by atoms with Crippen LogP contribution in [0, 0.1) is 0 Å². The molecule has 1 rings (SSSR count). The number of hydrogen-bond donors (Lipinski definition) is 1. The second-order valence-corrected chi connectivity index (χ2v) is 2.86. The van der Waals surface area contributed by atoms with E-state index in [2.05, 4.69) is 20.6 Å². The van der Waals surface area contributed by atoms with E-state index >= 15 is 0 Å². The SMILES string of the molecule is C=CCC.C[NH+]1CCCC1. The van der Waals surface area contributed by atoms with E-state index in [1.54, 1.807) is 4.90 Å². The number of quaternary nitrogens is 1. The highest BCUT2D eigenvalue weighted by atomic mass is 15.1. The van der Waals surface area contributed by atoms with Gasteiger partial charge in [-0.05, 0) is 6.42 Å². The van der Waals surface area contributed by atoms with E-state index < -0.39 is 0 Å². The van der Waals surface area contributed by atoms with Gasteiger partial charge in [0.05, 0.1) is 20.1 Å². The summed E-state index contributed by atoms with van der Waals surface area (Å²) in [5.41, 5.74) is 0. The molecule has 0 atom stereocenters. The van der Waals surface area contributed by atoms with Crippen LogP contribution in [0.2, 0.25) is 0 Å². The minimum absolute atomic E-state index is 1.08. The van der Waals surface area contributed by atoms with Crippen molar-refractivity contribution in [1.29, 1.82) is 0 Å². The fourth-order valence-corrected chi connectivity index (χ4v) is 0.979. The van der Waals surface area contributed by atoms with Gasteiger partial charge in [-0.15, -0.1) is 6.58 Å². The zero-order valence-electron chi connectivity index (χ0n) is 7.32. The van der Waals surface area contributed by atoms with Crippen molar-refractivity contribution in [3.05, 3.63) is 12.7 Å². The first-order valence-corrected chi connectivity index (χ1v) is 4.23. The van der Waals surface area contributed by atoms with Gasteiger partial charge >= 0.3 is 0 Å². The summed E-state index contributed by atoms with van der Waals surface area (Å²) in [6.45, 7) is 8.35. The second-order valence-electron chi connectivity index (χ2n) is 2.86. The van der Waals surface area contributed by atoms with Crippen molar-refractivity contribution >= 4 is 0 Å². The van der Waals surface area contributed by atoms with Crippen LogP contribution in [-0.4, -0.2) is 20.1 Å². The molecule has 1 fully saturated rings. The van der Waals surface area contributed by atoms with Crippen LogP contribution in [0.25, 0.3) is 0 Å². The first kappa shape index (κ1) is 9.70. The zero-order chi connectivity index (χ0) is 7.82. The van der Waals surface area contributed by atoms with Crippen molar-refractivity contribution in [1.82, 2.24) is 0 Å². The van der Waals surface area contributed by atoms with Crippen LogP contribution >= 0.6 is 0 Å². The molecule has 1 aliphatic heterocycles. The molecule has 0 aliphatic carbocycles. The molecule has 10 heavy (non-hydrogen) atoms. The highest BCUT2D eigenvalue weighted by molar-refractivity contribution is 4.60. The Morgan fingerprint density at radius 1 is 1.40 bits per heavy atom. The summed E-state index contributed by atoms with van der Waals surface area (Å²) < 4.78 is 0. The van der Waals surface area contributed by atoms with Crippen molar-refractivity contribution in [3.63, 3.8) is 0 Å². The molecule has 1 heteroatoms. The molecule has 1 heterocycles. The number of likely N-dealkylation sites (tertiary alicyclic amines) is 1. The van der Waals surface area contributed by atoms with E-state index in [9.17, 15) is 0 Å². The number of hydrogen-bond acceptors (Lipinski definition) is 0. The summed E-state index contributed by atoms with van der Waals surface area (Å²) in [6.07, 6.45) is 5.86. The summed E-state index contributed by atoms with van der Waals surface area (Å²) in [4.78, 5) is 1.70. The topological polar surface area (TPSA) is 4.44 Å². The normalized spacial score (nSPS) is 17.8. The minimum atomic E-state index is 1.08. The Balaban J connectivity index is 0.000000180. The standard InChI is InChI=1S/C5H11N.C4H8/c1-6-4-2-3-5-6;1-3-4-2/h2-5H2,1H3;3H,1,4H2,2H3/p+1. The lowest BCUT2D eigenvalue weighted by molar-refractivity contribution is -0.866. The van der Waals surface area contributed by atoms with E-state index in [-0.39, 0.29) is 0 Å². The second kappa shape index (κ2) is 6.81. The van der Waals surface area contributed by atoms with E-state index in [1.807, 2.05) is 6.08 Å².